The van der Waals surface area contributed by atoms with Crippen molar-refractivity contribution in [1.29, 1.82) is 0 Å². The zero-order valence-electron chi connectivity index (χ0n) is 17.5. The predicted molar refractivity (Wildman–Crippen MR) is 120 cm³/mol. The third-order valence-electron chi connectivity index (χ3n) is 5.46. The van der Waals surface area contributed by atoms with E-state index in [-0.39, 0.29) is 17.4 Å². The van der Waals surface area contributed by atoms with Crippen molar-refractivity contribution in [3.8, 4) is 11.3 Å². The second-order valence-electron chi connectivity index (χ2n) is 7.72. The van der Waals surface area contributed by atoms with Crippen LogP contribution in [0.5, 0.6) is 0 Å². The van der Waals surface area contributed by atoms with Crippen molar-refractivity contribution >= 4 is 23.0 Å². The topological polar surface area (TPSA) is 91.9 Å². The average Bonchev–Trinajstić information content (AvgIpc) is 3.17. The molecule has 1 aliphatic rings. The minimum absolute atomic E-state index is 0.0296. The molecule has 31 heavy (non-hydrogen) atoms. The lowest BCUT2D eigenvalue weighted by molar-refractivity contribution is -0.384. The van der Waals surface area contributed by atoms with Crippen molar-refractivity contribution in [2.45, 2.75) is 6.92 Å². The Balaban J connectivity index is 1.47. The fourth-order valence-electron chi connectivity index (χ4n) is 3.63. The zero-order chi connectivity index (χ0) is 22.0. The Morgan fingerprint density at radius 2 is 1.77 bits per heavy atom. The molecule has 0 saturated carbocycles. The molecular formula is C23H24N4O4. The van der Waals surface area contributed by atoms with Crippen LogP contribution in [-0.4, -0.2) is 49.0 Å². The smallest absolute Gasteiger partial charge is 0.291 e. The summed E-state index contributed by atoms with van der Waals surface area (Å²) in [5.74, 6) is 0.239. The first-order valence-electron chi connectivity index (χ1n) is 10.1. The summed E-state index contributed by atoms with van der Waals surface area (Å²) in [6.07, 6.45) is 0. The number of nitrogens with one attached hydrogen (secondary N) is 1. The number of aryl methyl sites for hydroxylation is 1. The van der Waals surface area contributed by atoms with Crippen LogP contribution in [0.4, 0.5) is 17.1 Å². The van der Waals surface area contributed by atoms with E-state index in [9.17, 15) is 14.9 Å². The molecule has 8 heteroatoms. The van der Waals surface area contributed by atoms with Crippen LogP contribution in [0, 0.1) is 17.0 Å². The van der Waals surface area contributed by atoms with Crippen LogP contribution in [0.15, 0.2) is 59.0 Å². The van der Waals surface area contributed by atoms with E-state index in [4.69, 9.17) is 4.42 Å². The minimum atomic E-state index is -0.460. The van der Waals surface area contributed by atoms with Crippen LogP contribution in [0.1, 0.15) is 16.1 Å². The Labute approximate surface area is 180 Å². The summed E-state index contributed by atoms with van der Waals surface area (Å²) >= 11 is 0. The first kappa shape index (κ1) is 20.6. The molecule has 1 aliphatic heterocycles. The summed E-state index contributed by atoms with van der Waals surface area (Å²) in [4.78, 5) is 27.9. The number of hydrogen-bond acceptors (Lipinski definition) is 6. The molecule has 2 aromatic carbocycles. The van der Waals surface area contributed by atoms with E-state index in [2.05, 4.69) is 22.2 Å². The average molecular weight is 420 g/mol. The number of carbonyl (C=O) groups is 1. The number of amides is 1. The van der Waals surface area contributed by atoms with Crippen LogP contribution < -0.4 is 10.2 Å². The highest BCUT2D eigenvalue weighted by Crippen LogP contribution is 2.29. The summed E-state index contributed by atoms with van der Waals surface area (Å²) < 4.78 is 5.75. The fourth-order valence-corrected chi connectivity index (χ4v) is 3.63. The maximum Gasteiger partial charge on any atom is 0.291 e. The number of benzene rings is 2. The van der Waals surface area contributed by atoms with Gasteiger partial charge in [0, 0.05) is 60.8 Å². The molecule has 1 aromatic heterocycles. The van der Waals surface area contributed by atoms with E-state index in [1.807, 2.05) is 24.3 Å². The lowest BCUT2D eigenvalue weighted by Crippen LogP contribution is -2.44. The van der Waals surface area contributed by atoms with Gasteiger partial charge in [0.25, 0.3) is 11.6 Å². The van der Waals surface area contributed by atoms with Gasteiger partial charge < -0.3 is 19.5 Å². The molecule has 0 atom stereocenters. The highest BCUT2D eigenvalue weighted by atomic mass is 16.6. The van der Waals surface area contributed by atoms with Gasteiger partial charge in [0.1, 0.15) is 5.76 Å². The summed E-state index contributed by atoms with van der Waals surface area (Å²) in [5.41, 5.74) is 2.99. The molecule has 160 valence electrons. The summed E-state index contributed by atoms with van der Waals surface area (Å²) in [7, 11) is 2.12. The highest BCUT2D eigenvalue weighted by Gasteiger charge is 2.19. The summed E-state index contributed by atoms with van der Waals surface area (Å²) in [6.45, 7) is 5.80. The Hall–Kier alpha value is -3.65. The molecule has 0 aliphatic carbocycles. The Morgan fingerprint density at radius 1 is 1.06 bits per heavy atom. The Kier molecular flexibility index (Phi) is 5.73. The van der Waals surface area contributed by atoms with Gasteiger partial charge in [-0.2, -0.15) is 0 Å². The van der Waals surface area contributed by atoms with Crippen molar-refractivity contribution in [3.63, 3.8) is 0 Å². The van der Waals surface area contributed by atoms with Gasteiger partial charge in [-0.05, 0) is 44.3 Å². The van der Waals surface area contributed by atoms with Gasteiger partial charge in [0.2, 0.25) is 0 Å². The van der Waals surface area contributed by atoms with Crippen LogP contribution in [0.2, 0.25) is 0 Å². The van der Waals surface area contributed by atoms with Gasteiger partial charge in [-0.25, -0.2) is 0 Å². The first-order valence-corrected chi connectivity index (χ1v) is 10.1. The van der Waals surface area contributed by atoms with Crippen molar-refractivity contribution in [3.05, 3.63) is 76.0 Å². The van der Waals surface area contributed by atoms with Crippen molar-refractivity contribution in [2.75, 3.05) is 43.4 Å². The normalized spacial score (nSPS) is 14.5. The molecular weight excluding hydrogens is 396 g/mol. The van der Waals surface area contributed by atoms with Gasteiger partial charge in [-0.3, -0.25) is 14.9 Å². The number of anilines is 2. The van der Waals surface area contributed by atoms with Gasteiger partial charge in [-0.15, -0.1) is 0 Å². The standard InChI is InChI=1S/C23H24N4O4/c1-16-14-21(17-4-3-5-20(15-17)27(29)30)31-22(16)23(28)24-18-6-8-19(9-7-18)26-12-10-25(2)11-13-26/h3-9,14-15H,10-13H2,1-2H3,(H,24,28). The van der Waals surface area contributed by atoms with Crippen molar-refractivity contribution in [1.82, 2.24) is 4.90 Å². The maximum absolute atomic E-state index is 12.7. The molecule has 0 spiro atoms. The Morgan fingerprint density at radius 3 is 2.45 bits per heavy atom. The number of furan rings is 1. The molecule has 1 amide bonds. The molecule has 1 N–H and O–H groups in total. The van der Waals surface area contributed by atoms with Crippen molar-refractivity contribution < 1.29 is 14.1 Å². The quantitative estimate of drug-likeness (QED) is 0.492. The van der Waals surface area contributed by atoms with Gasteiger partial charge in [0.05, 0.1) is 4.92 Å². The van der Waals surface area contributed by atoms with Crippen LogP contribution in [0.3, 0.4) is 0 Å². The number of nitrogens with zero attached hydrogens (tertiary/aromatic N) is 3. The maximum atomic E-state index is 12.7. The van der Waals surface area contributed by atoms with Crippen LogP contribution in [-0.2, 0) is 0 Å². The number of likely N-dealkylation sites (N-methyl/N-ethyl adjacent to an activating group) is 1. The molecule has 4 rings (SSSR count). The van der Waals surface area contributed by atoms with Crippen LogP contribution >= 0.6 is 0 Å². The second-order valence-corrected chi connectivity index (χ2v) is 7.72. The predicted octanol–water partition coefficient (Wildman–Crippen LogP) is 4.17. The van der Waals surface area contributed by atoms with E-state index in [0.717, 1.165) is 31.9 Å². The molecule has 1 fully saturated rings. The zero-order valence-corrected chi connectivity index (χ0v) is 17.5. The minimum Gasteiger partial charge on any atom is -0.451 e. The lowest BCUT2D eigenvalue weighted by Gasteiger charge is -2.34. The molecule has 8 nitrogen and oxygen atoms in total. The third-order valence-corrected chi connectivity index (χ3v) is 5.46. The molecule has 1 saturated heterocycles. The number of rotatable bonds is 5. The van der Waals surface area contributed by atoms with Gasteiger partial charge in [0.15, 0.2) is 5.76 Å². The number of hydrogen-bond donors (Lipinski definition) is 1. The van der Waals surface area contributed by atoms with Crippen LogP contribution in [0.25, 0.3) is 11.3 Å². The monoisotopic (exact) mass is 420 g/mol. The molecule has 2 heterocycles. The molecule has 0 radical (unpaired) electrons. The number of nitro groups is 1. The van der Waals surface area contributed by atoms with Crippen molar-refractivity contribution in [2.24, 2.45) is 0 Å². The molecule has 0 unspecified atom stereocenters. The number of nitro benzene ring substituents is 1. The van der Waals surface area contributed by atoms with E-state index < -0.39 is 4.92 Å². The SMILES string of the molecule is Cc1cc(-c2cccc([N+](=O)[O-])c2)oc1C(=O)Nc1ccc(N2CCN(C)CC2)cc1. The summed E-state index contributed by atoms with van der Waals surface area (Å²) in [6, 6.07) is 15.6. The number of non-ortho nitro benzene ring substituents is 1. The second kappa shape index (κ2) is 8.61. The fraction of sp³-hybridized carbons (Fsp3) is 0.261. The molecule has 3 aromatic rings. The first-order chi connectivity index (χ1) is 14.9. The molecule has 0 bridgehead atoms. The summed E-state index contributed by atoms with van der Waals surface area (Å²) in [5, 5.41) is 13.9. The van der Waals surface area contributed by atoms with E-state index >= 15 is 0 Å². The number of carbonyl (C=O) groups excluding carboxylic acids is 1. The van der Waals surface area contributed by atoms with E-state index in [0.29, 0.717) is 22.6 Å². The van der Waals surface area contributed by atoms with E-state index in [1.165, 1.54) is 12.1 Å². The Bertz CT molecular complexity index is 1100. The largest absolute Gasteiger partial charge is 0.451 e. The lowest BCUT2D eigenvalue weighted by atomic mass is 10.1. The highest BCUT2D eigenvalue weighted by molar-refractivity contribution is 6.03. The van der Waals surface area contributed by atoms with Gasteiger partial charge >= 0.3 is 0 Å². The third kappa shape index (κ3) is 4.59. The van der Waals surface area contributed by atoms with Gasteiger partial charge in [-0.1, -0.05) is 12.1 Å². The number of piperazine rings is 1. The van der Waals surface area contributed by atoms with E-state index in [1.54, 1.807) is 25.1 Å².